The van der Waals surface area contributed by atoms with Gasteiger partial charge in [0.2, 0.25) is 0 Å². The fraction of sp³-hybridized carbons (Fsp3) is 0.769. The molecule has 0 unspecified atom stereocenters. The van der Waals surface area contributed by atoms with Gasteiger partial charge >= 0.3 is 0 Å². The Morgan fingerprint density at radius 2 is 2.24 bits per heavy atom. The van der Waals surface area contributed by atoms with E-state index in [9.17, 15) is 0 Å². The van der Waals surface area contributed by atoms with Gasteiger partial charge in [0.05, 0.1) is 13.2 Å². The summed E-state index contributed by atoms with van der Waals surface area (Å²) in [6.45, 7) is 5.77. The summed E-state index contributed by atoms with van der Waals surface area (Å²) >= 11 is 0. The number of hydrogen-bond donors (Lipinski definition) is 1. The van der Waals surface area contributed by atoms with Gasteiger partial charge in [0.15, 0.2) is 0 Å². The van der Waals surface area contributed by atoms with Crippen molar-refractivity contribution in [2.75, 3.05) is 20.3 Å². The van der Waals surface area contributed by atoms with E-state index in [0.29, 0.717) is 0 Å². The highest BCUT2D eigenvalue weighted by molar-refractivity contribution is 4.91. The van der Waals surface area contributed by atoms with Crippen LogP contribution in [-0.4, -0.2) is 29.8 Å². The molecule has 1 aromatic rings. The van der Waals surface area contributed by atoms with E-state index in [1.54, 1.807) is 7.11 Å². The quantitative estimate of drug-likeness (QED) is 0.636. The second kappa shape index (κ2) is 9.19. The van der Waals surface area contributed by atoms with Crippen LogP contribution in [0.15, 0.2) is 12.4 Å². The number of aromatic nitrogens is 2. The largest absolute Gasteiger partial charge is 0.383 e. The molecule has 0 saturated carbocycles. The summed E-state index contributed by atoms with van der Waals surface area (Å²) in [5.41, 5.74) is 0. The van der Waals surface area contributed by atoms with Gasteiger partial charge in [-0.3, -0.25) is 0 Å². The second-order valence-electron chi connectivity index (χ2n) is 4.27. The monoisotopic (exact) mass is 239 g/mol. The molecule has 0 fully saturated rings. The van der Waals surface area contributed by atoms with E-state index < -0.39 is 0 Å². The average molecular weight is 239 g/mol. The van der Waals surface area contributed by atoms with E-state index in [1.807, 2.05) is 6.20 Å². The maximum atomic E-state index is 4.99. The lowest BCUT2D eigenvalue weighted by Crippen LogP contribution is -2.21. The minimum Gasteiger partial charge on any atom is -0.383 e. The molecule has 98 valence electrons. The van der Waals surface area contributed by atoms with E-state index in [-0.39, 0.29) is 0 Å². The first kappa shape index (κ1) is 14.2. The van der Waals surface area contributed by atoms with Crippen molar-refractivity contribution in [1.29, 1.82) is 0 Å². The fourth-order valence-corrected chi connectivity index (χ4v) is 1.79. The predicted octanol–water partition coefficient (Wildman–Crippen LogP) is 2.20. The highest BCUT2D eigenvalue weighted by Gasteiger charge is 2.01. The van der Waals surface area contributed by atoms with E-state index in [2.05, 4.69) is 28.0 Å². The number of imidazole rings is 1. The summed E-state index contributed by atoms with van der Waals surface area (Å²) in [6.07, 6.45) is 9.12. The number of aryl methyl sites for hydroxylation is 1. The first-order chi connectivity index (χ1) is 8.38. The molecule has 0 aliphatic rings. The minimum atomic E-state index is 0.747. The van der Waals surface area contributed by atoms with Crippen molar-refractivity contribution in [3.63, 3.8) is 0 Å². The SMILES string of the molecule is CCCCCCn1ccnc1CNCCOC. The van der Waals surface area contributed by atoms with Crippen LogP contribution in [0.2, 0.25) is 0 Å². The molecule has 1 N–H and O–H groups in total. The lowest BCUT2D eigenvalue weighted by atomic mass is 10.2. The Balaban J connectivity index is 2.22. The summed E-state index contributed by atoms with van der Waals surface area (Å²) in [4.78, 5) is 4.37. The first-order valence-corrected chi connectivity index (χ1v) is 6.58. The average Bonchev–Trinajstić information content (AvgIpc) is 2.78. The van der Waals surface area contributed by atoms with Crippen molar-refractivity contribution in [1.82, 2.24) is 14.9 Å². The van der Waals surface area contributed by atoms with E-state index in [1.165, 1.54) is 25.7 Å². The second-order valence-corrected chi connectivity index (χ2v) is 4.27. The molecular formula is C13H25N3O. The van der Waals surface area contributed by atoms with E-state index in [0.717, 1.165) is 32.1 Å². The number of rotatable bonds is 10. The Hall–Kier alpha value is -0.870. The molecule has 0 aliphatic carbocycles. The predicted molar refractivity (Wildman–Crippen MR) is 70.0 cm³/mol. The number of nitrogens with one attached hydrogen (secondary N) is 1. The lowest BCUT2D eigenvalue weighted by Gasteiger charge is -2.08. The molecule has 0 saturated heterocycles. The number of nitrogens with zero attached hydrogens (tertiary/aromatic N) is 2. The Kier molecular flexibility index (Phi) is 7.67. The molecule has 0 amide bonds. The molecule has 4 heteroatoms. The molecule has 0 aliphatic heterocycles. The van der Waals surface area contributed by atoms with Crippen LogP contribution in [0.3, 0.4) is 0 Å². The van der Waals surface area contributed by atoms with Gasteiger partial charge in [-0.05, 0) is 6.42 Å². The number of ether oxygens (including phenoxy) is 1. The van der Waals surface area contributed by atoms with Crippen LogP contribution in [0.1, 0.15) is 38.4 Å². The number of hydrogen-bond acceptors (Lipinski definition) is 3. The Morgan fingerprint density at radius 1 is 1.35 bits per heavy atom. The van der Waals surface area contributed by atoms with Gasteiger partial charge in [-0.2, -0.15) is 0 Å². The third-order valence-electron chi connectivity index (χ3n) is 2.82. The van der Waals surface area contributed by atoms with Crippen LogP contribution in [0.4, 0.5) is 0 Å². The smallest absolute Gasteiger partial charge is 0.122 e. The van der Waals surface area contributed by atoms with Gasteiger partial charge in [0.25, 0.3) is 0 Å². The van der Waals surface area contributed by atoms with Crippen LogP contribution >= 0.6 is 0 Å². The Bertz CT molecular complexity index is 259. The zero-order chi connectivity index (χ0) is 12.3. The van der Waals surface area contributed by atoms with Crippen LogP contribution < -0.4 is 5.32 Å². The van der Waals surface area contributed by atoms with Crippen molar-refractivity contribution in [2.45, 2.75) is 45.7 Å². The highest BCUT2D eigenvalue weighted by Crippen LogP contribution is 2.04. The minimum absolute atomic E-state index is 0.747. The third-order valence-corrected chi connectivity index (χ3v) is 2.82. The van der Waals surface area contributed by atoms with Gasteiger partial charge in [-0.25, -0.2) is 4.98 Å². The van der Waals surface area contributed by atoms with Crippen LogP contribution in [0.5, 0.6) is 0 Å². The van der Waals surface area contributed by atoms with Gasteiger partial charge < -0.3 is 14.6 Å². The van der Waals surface area contributed by atoms with Crippen molar-refractivity contribution in [2.24, 2.45) is 0 Å². The maximum Gasteiger partial charge on any atom is 0.122 e. The molecule has 0 radical (unpaired) electrons. The van der Waals surface area contributed by atoms with Crippen molar-refractivity contribution >= 4 is 0 Å². The van der Waals surface area contributed by atoms with Gasteiger partial charge in [-0.1, -0.05) is 26.2 Å². The summed E-state index contributed by atoms with van der Waals surface area (Å²) in [5.74, 6) is 1.12. The summed E-state index contributed by atoms with van der Waals surface area (Å²) in [5, 5.41) is 3.32. The summed E-state index contributed by atoms with van der Waals surface area (Å²) in [7, 11) is 1.72. The van der Waals surface area contributed by atoms with Gasteiger partial charge in [0, 0.05) is 32.6 Å². The Labute approximate surface area is 104 Å². The molecule has 0 aromatic carbocycles. The summed E-state index contributed by atoms with van der Waals surface area (Å²) < 4.78 is 7.24. The van der Waals surface area contributed by atoms with Crippen LogP contribution in [0.25, 0.3) is 0 Å². The zero-order valence-electron chi connectivity index (χ0n) is 11.1. The van der Waals surface area contributed by atoms with Crippen molar-refractivity contribution in [3.8, 4) is 0 Å². The van der Waals surface area contributed by atoms with E-state index in [4.69, 9.17) is 4.74 Å². The number of unbranched alkanes of at least 4 members (excludes halogenated alkanes) is 3. The standard InChI is InChI=1S/C13H25N3O/c1-3-4-5-6-9-16-10-7-15-13(16)12-14-8-11-17-2/h7,10,14H,3-6,8-9,11-12H2,1-2H3. The fourth-order valence-electron chi connectivity index (χ4n) is 1.79. The topological polar surface area (TPSA) is 39.1 Å². The molecule has 1 aromatic heterocycles. The molecule has 0 bridgehead atoms. The van der Waals surface area contributed by atoms with Gasteiger partial charge in [-0.15, -0.1) is 0 Å². The summed E-state index contributed by atoms with van der Waals surface area (Å²) in [6, 6.07) is 0. The third kappa shape index (κ3) is 5.84. The van der Waals surface area contributed by atoms with Crippen LogP contribution in [-0.2, 0) is 17.8 Å². The van der Waals surface area contributed by atoms with Crippen LogP contribution in [0, 0.1) is 0 Å². The molecular weight excluding hydrogens is 214 g/mol. The molecule has 0 spiro atoms. The highest BCUT2D eigenvalue weighted by atomic mass is 16.5. The molecule has 4 nitrogen and oxygen atoms in total. The molecule has 0 atom stereocenters. The Morgan fingerprint density at radius 3 is 3.00 bits per heavy atom. The lowest BCUT2D eigenvalue weighted by molar-refractivity contribution is 0.199. The van der Waals surface area contributed by atoms with Crippen molar-refractivity contribution in [3.05, 3.63) is 18.2 Å². The van der Waals surface area contributed by atoms with Crippen molar-refractivity contribution < 1.29 is 4.74 Å². The maximum absolute atomic E-state index is 4.99. The van der Waals surface area contributed by atoms with E-state index >= 15 is 0 Å². The van der Waals surface area contributed by atoms with Gasteiger partial charge in [0.1, 0.15) is 5.82 Å². The molecule has 17 heavy (non-hydrogen) atoms. The normalized spacial score (nSPS) is 10.9. The zero-order valence-corrected chi connectivity index (χ0v) is 11.1. The molecule has 1 rings (SSSR count). The first-order valence-electron chi connectivity index (χ1n) is 6.58. The number of methoxy groups -OCH3 is 1. The molecule has 1 heterocycles.